The minimum absolute atomic E-state index is 0.00378. The third-order valence-corrected chi connectivity index (χ3v) is 6.57. The van der Waals surface area contributed by atoms with Gasteiger partial charge in [-0.1, -0.05) is 35.9 Å². The lowest BCUT2D eigenvalue weighted by Gasteiger charge is -2.32. The van der Waals surface area contributed by atoms with Crippen molar-refractivity contribution in [3.05, 3.63) is 57.8 Å². The van der Waals surface area contributed by atoms with E-state index in [4.69, 9.17) is 0 Å². The molecule has 142 valence electrons. The van der Waals surface area contributed by atoms with E-state index in [0.717, 1.165) is 17.7 Å². The highest BCUT2D eigenvalue weighted by atomic mass is 32.1. The van der Waals surface area contributed by atoms with Crippen molar-refractivity contribution in [3.8, 4) is 0 Å². The molecule has 5 heteroatoms. The highest BCUT2D eigenvalue weighted by Crippen LogP contribution is 2.41. The molecule has 1 unspecified atom stereocenters. The number of rotatable bonds is 5. The summed E-state index contributed by atoms with van der Waals surface area (Å²) in [5.74, 6) is 0.816. The summed E-state index contributed by atoms with van der Waals surface area (Å²) in [6.07, 6.45) is 3.86. The summed E-state index contributed by atoms with van der Waals surface area (Å²) in [6.45, 7) is 3.40. The van der Waals surface area contributed by atoms with Gasteiger partial charge in [-0.05, 0) is 55.5 Å². The van der Waals surface area contributed by atoms with Crippen molar-refractivity contribution in [2.45, 2.75) is 38.6 Å². The monoisotopic (exact) mass is 382 g/mol. The lowest BCUT2D eigenvalue weighted by molar-refractivity contribution is -0.127. The molecule has 1 saturated heterocycles. The van der Waals surface area contributed by atoms with Gasteiger partial charge in [0.15, 0.2) is 0 Å². The molecule has 1 N–H and O–H groups in total. The second-order valence-electron chi connectivity index (χ2n) is 7.78. The van der Waals surface area contributed by atoms with Crippen LogP contribution in [0.1, 0.15) is 52.5 Å². The van der Waals surface area contributed by atoms with Gasteiger partial charge in [-0.25, -0.2) is 0 Å². The molecule has 0 bridgehead atoms. The van der Waals surface area contributed by atoms with Crippen LogP contribution < -0.4 is 5.32 Å². The molecule has 1 aromatic carbocycles. The summed E-state index contributed by atoms with van der Waals surface area (Å²) in [4.78, 5) is 28.0. The van der Waals surface area contributed by atoms with Gasteiger partial charge in [0.2, 0.25) is 5.91 Å². The Morgan fingerprint density at radius 1 is 1.07 bits per heavy atom. The van der Waals surface area contributed by atoms with Gasteiger partial charge < -0.3 is 10.2 Å². The number of amides is 2. The van der Waals surface area contributed by atoms with E-state index in [-0.39, 0.29) is 23.8 Å². The van der Waals surface area contributed by atoms with Crippen LogP contribution in [0.15, 0.2) is 41.8 Å². The Bertz CT molecular complexity index is 788. The Morgan fingerprint density at radius 3 is 2.37 bits per heavy atom. The van der Waals surface area contributed by atoms with Gasteiger partial charge in [0.1, 0.15) is 0 Å². The predicted molar refractivity (Wildman–Crippen MR) is 108 cm³/mol. The molecule has 4 nitrogen and oxygen atoms in total. The van der Waals surface area contributed by atoms with Crippen molar-refractivity contribution >= 4 is 23.2 Å². The lowest BCUT2D eigenvalue weighted by Crippen LogP contribution is -2.43. The van der Waals surface area contributed by atoms with Crippen molar-refractivity contribution in [2.75, 3.05) is 13.1 Å². The van der Waals surface area contributed by atoms with E-state index >= 15 is 0 Å². The number of carbonyl (C=O) groups is 2. The third kappa shape index (κ3) is 4.24. The molecule has 2 amide bonds. The average molecular weight is 383 g/mol. The number of nitrogens with zero attached hydrogens (tertiary/aromatic N) is 1. The number of carbonyl (C=O) groups excluding carboxylic acids is 2. The fourth-order valence-electron chi connectivity index (χ4n) is 3.85. The van der Waals surface area contributed by atoms with Crippen molar-refractivity contribution < 1.29 is 9.59 Å². The second-order valence-corrected chi connectivity index (χ2v) is 8.73. The Hall–Kier alpha value is -2.14. The molecule has 1 saturated carbocycles. The largest absolute Gasteiger partial charge is 0.349 e. The first-order chi connectivity index (χ1) is 13.1. The predicted octanol–water partition coefficient (Wildman–Crippen LogP) is 4.18. The second kappa shape index (κ2) is 7.85. The molecular weight excluding hydrogens is 356 g/mol. The molecular formula is C22H26N2O2S. The number of aryl methyl sites for hydroxylation is 1. The maximum Gasteiger partial charge on any atom is 0.263 e. The average Bonchev–Trinajstić information content (AvgIpc) is 3.39. The van der Waals surface area contributed by atoms with E-state index in [1.54, 1.807) is 0 Å². The zero-order chi connectivity index (χ0) is 18.8. The van der Waals surface area contributed by atoms with Crippen molar-refractivity contribution in [1.29, 1.82) is 0 Å². The van der Waals surface area contributed by atoms with Gasteiger partial charge in [0, 0.05) is 19.0 Å². The first kappa shape index (κ1) is 18.2. The molecule has 1 aromatic heterocycles. The molecule has 2 fully saturated rings. The Morgan fingerprint density at radius 2 is 1.78 bits per heavy atom. The zero-order valence-electron chi connectivity index (χ0n) is 15.7. The Labute approximate surface area is 164 Å². The maximum absolute atomic E-state index is 12.9. The van der Waals surface area contributed by atoms with Crippen LogP contribution in [-0.2, 0) is 4.79 Å². The fraction of sp³-hybridized carbons (Fsp3) is 0.455. The summed E-state index contributed by atoms with van der Waals surface area (Å²) in [7, 11) is 0. The smallest absolute Gasteiger partial charge is 0.263 e. The van der Waals surface area contributed by atoms with Crippen LogP contribution in [0, 0.1) is 18.8 Å². The summed E-state index contributed by atoms with van der Waals surface area (Å²) in [6, 6.07) is 12.4. The molecule has 27 heavy (non-hydrogen) atoms. The fourth-order valence-corrected chi connectivity index (χ4v) is 4.54. The quantitative estimate of drug-likeness (QED) is 0.843. The molecule has 4 rings (SSSR count). The van der Waals surface area contributed by atoms with Gasteiger partial charge in [-0.15, -0.1) is 11.3 Å². The van der Waals surface area contributed by atoms with Crippen LogP contribution in [0.3, 0.4) is 0 Å². The molecule has 1 atom stereocenters. The zero-order valence-corrected chi connectivity index (χ0v) is 16.5. The van der Waals surface area contributed by atoms with Crippen LogP contribution in [0.5, 0.6) is 0 Å². The number of hydrogen-bond donors (Lipinski definition) is 1. The van der Waals surface area contributed by atoms with E-state index in [1.807, 2.05) is 22.4 Å². The van der Waals surface area contributed by atoms with Crippen molar-refractivity contribution in [2.24, 2.45) is 11.8 Å². The molecule has 1 aliphatic heterocycles. The lowest BCUT2D eigenvalue weighted by atomic mass is 9.94. The van der Waals surface area contributed by atoms with E-state index in [2.05, 4.69) is 36.5 Å². The van der Waals surface area contributed by atoms with Crippen LogP contribution in [0.4, 0.5) is 0 Å². The number of benzene rings is 1. The van der Waals surface area contributed by atoms with E-state index in [9.17, 15) is 9.59 Å². The third-order valence-electron chi connectivity index (χ3n) is 5.71. The summed E-state index contributed by atoms with van der Waals surface area (Å²) >= 11 is 1.48. The Balaban J connectivity index is 1.34. The summed E-state index contributed by atoms with van der Waals surface area (Å²) in [5, 5.41) is 5.24. The van der Waals surface area contributed by atoms with E-state index < -0.39 is 0 Å². The van der Waals surface area contributed by atoms with E-state index in [0.29, 0.717) is 19.0 Å². The van der Waals surface area contributed by atoms with Crippen molar-refractivity contribution in [3.63, 3.8) is 0 Å². The number of thiophene rings is 1. The highest BCUT2D eigenvalue weighted by Gasteiger charge is 2.35. The topological polar surface area (TPSA) is 49.4 Å². The minimum Gasteiger partial charge on any atom is -0.349 e. The molecule has 1 aliphatic carbocycles. The molecule has 0 spiro atoms. The van der Waals surface area contributed by atoms with Gasteiger partial charge >= 0.3 is 0 Å². The number of hydrogen-bond acceptors (Lipinski definition) is 3. The summed E-state index contributed by atoms with van der Waals surface area (Å²) < 4.78 is 0. The standard InChI is InChI=1S/C22H26N2O2S/c1-15-4-6-16(7-5-15)20(17-8-9-17)23-21(25)18-10-12-24(13-11-18)22(26)19-3-2-14-27-19/h2-7,14,17-18,20H,8-13H2,1H3,(H,23,25). The first-order valence-electron chi connectivity index (χ1n) is 9.81. The van der Waals surface area contributed by atoms with Crippen LogP contribution in [0.2, 0.25) is 0 Å². The number of piperidine rings is 1. The molecule has 2 heterocycles. The van der Waals surface area contributed by atoms with E-state index in [1.165, 1.54) is 35.3 Å². The minimum atomic E-state index is 0.00378. The van der Waals surface area contributed by atoms with Gasteiger partial charge in [0.05, 0.1) is 10.9 Å². The SMILES string of the molecule is Cc1ccc(C(NC(=O)C2CCN(C(=O)c3cccs3)CC2)C2CC2)cc1. The molecule has 2 aromatic rings. The number of likely N-dealkylation sites (tertiary alicyclic amines) is 1. The van der Waals surface area contributed by atoms with Crippen LogP contribution >= 0.6 is 11.3 Å². The van der Waals surface area contributed by atoms with Crippen LogP contribution in [-0.4, -0.2) is 29.8 Å². The Kier molecular flexibility index (Phi) is 5.30. The first-order valence-corrected chi connectivity index (χ1v) is 10.7. The normalized spacial score (nSPS) is 18.9. The van der Waals surface area contributed by atoms with Gasteiger partial charge in [-0.2, -0.15) is 0 Å². The van der Waals surface area contributed by atoms with Gasteiger partial charge in [0.25, 0.3) is 5.91 Å². The summed E-state index contributed by atoms with van der Waals surface area (Å²) in [5.41, 5.74) is 2.45. The maximum atomic E-state index is 12.9. The van der Waals surface area contributed by atoms with Gasteiger partial charge in [-0.3, -0.25) is 9.59 Å². The van der Waals surface area contributed by atoms with Crippen LogP contribution in [0.25, 0.3) is 0 Å². The molecule has 2 aliphatic rings. The number of nitrogens with one attached hydrogen (secondary N) is 1. The highest BCUT2D eigenvalue weighted by molar-refractivity contribution is 7.12. The molecule has 0 radical (unpaired) electrons. The van der Waals surface area contributed by atoms with Crippen molar-refractivity contribution in [1.82, 2.24) is 10.2 Å².